The number of amides is 1. The second-order valence-corrected chi connectivity index (χ2v) is 7.78. The second kappa shape index (κ2) is 9.57. The van der Waals surface area contributed by atoms with Gasteiger partial charge in [-0.15, -0.1) is 0 Å². The molecule has 0 radical (unpaired) electrons. The first kappa shape index (κ1) is 21.6. The fourth-order valence-electron chi connectivity index (χ4n) is 3.51. The highest BCUT2D eigenvalue weighted by Gasteiger charge is 2.26. The van der Waals surface area contributed by atoms with Gasteiger partial charge in [-0.2, -0.15) is 0 Å². The SMILES string of the molecule is COc1cc(Cl)c(C)cc1NC(=O)[C@@H](C)N1CCN(Cc2ccccc2F)CC1. The maximum Gasteiger partial charge on any atom is 0.241 e. The number of anilines is 1. The monoisotopic (exact) mass is 419 g/mol. The molecule has 3 rings (SSSR count). The van der Waals surface area contributed by atoms with Crippen LogP contribution in [0.3, 0.4) is 0 Å². The third-order valence-electron chi connectivity index (χ3n) is 5.42. The van der Waals surface area contributed by atoms with Crippen LogP contribution in [-0.4, -0.2) is 55.0 Å². The molecule has 2 aromatic carbocycles. The highest BCUT2D eigenvalue weighted by Crippen LogP contribution is 2.31. The zero-order valence-corrected chi connectivity index (χ0v) is 17.8. The number of carbonyl (C=O) groups is 1. The number of benzene rings is 2. The number of nitrogens with zero attached hydrogens (tertiary/aromatic N) is 2. The van der Waals surface area contributed by atoms with Crippen molar-refractivity contribution in [2.75, 3.05) is 38.6 Å². The molecule has 29 heavy (non-hydrogen) atoms. The molecule has 1 amide bonds. The van der Waals surface area contributed by atoms with E-state index in [1.54, 1.807) is 19.2 Å². The Bertz CT molecular complexity index is 869. The number of aryl methyl sites for hydroxylation is 1. The van der Waals surface area contributed by atoms with Crippen LogP contribution in [0.15, 0.2) is 36.4 Å². The van der Waals surface area contributed by atoms with E-state index in [0.717, 1.165) is 31.7 Å². The van der Waals surface area contributed by atoms with Gasteiger partial charge in [0.25, 0.3) is 0 Å². The zero-order chi connectivity index (χ0) is 21.0. The third kappa shape index (κ3) is 5.26. The molecule has 5 nitrogen and oxygen atoms in total. The van der Waals surface area contributed by atoms with E-state index in [1.165, 1.54) is 6.07 Å². The lowest BCUT2D eigenvalue weighted by atomic mass is 10.1. The molecular weight excluding hydrogens is 393 g/mol. The summed E-state index contributed by atoms with van der Waals surface area (Å²) in [6, 6.07) is 10.1. The summed E-state index contributed by atoms with van der Waals surface area (Å²) in [4.78, 5) is 17.1. The normalized spacial score (nSPS) is 16.4. The van der Waals surface area contributed by atoms with Gasteiger partial charge in [-0.3, -0.25) is 14.6 Å². The Balaban J connectivity index is 1.56. The number of halogens is 2. The molecule has 2 aromatic rings. The first-order chi connectivity index (χ1) is 13.9. The van der Waals surface area contributed by atoms with Gasteiger partial charge in [0, 0.05) is 49.4 Å². The Morgan fingerprint density at radius 2 is 1.93 bits per heavy atom. The Hall–Kier alpha value is -2.15. The van der Waals surface area contributed by atoms with Gasteiger partial charge >= 0.3 is 0 Å². The van der Waals surface area contributed by atoms with Crippen molar-refractivity contribution in [1.82, 2.24) is 9.80 Å². The summed E-state index contributed by atoms with van der Waals surface area (Å²) in [6.07, 6.45) is 0. The second-order valence-electron chi connectivity index (χ2n) is 7.37. The lowest BCUT2D eigenvalue weighted by Crippen LogP contribution is -2.52. The number of piperazine rings is 1. The third-order valence-corrected chi connectivity index (χ3v) is 5.83. The highest BCUT2D eigenvalue weighted by molar-refractivity contribution is 6.31. The van der Waals surface area contributed by atoms with Crippen molar-refractivity contribution in [3.63, 3.8) is 0 Å². The molecule has 0 unspecified atom stereocenters. The Kier molecular flexibility index (Phi) is 7.11. The number of nitrogens with one attached hydrogen (secondary N) is 1. The van der Waals surface area contributed by atoms with Crippen LogP contribution < -0.4 is 10.1 Å². The molecule has 0 spiro atoms. The smallest absolute Gasteiger partial charge is 0.241 e. The Morgan fingerprint density at radius 3 is 2.59 bits per heavy atom. The number of hydrogen-bond acceptors (Lipinski definition) is 4. The van der Waals surface area contributed by atoms with Crippen molar-refractivity contribution in [2.24, 2.45) is 0 Å². The minimum absolute atomic E-state index is 0.0902. The predicted molar refractivity (Wildman–Crippen MR) is 114 cm³/mol. The number of methoxy groups -OCH3 is 1. The summed E-state index contributed by atoms with van der Waals surface area (Å²) in [5.74, 6) is 0.276. The standard InChI is InChI=1S/C22H27ClFN3O2/c1-15-12-20(21(29-3)13-18(15)23)25-22(28)16(2)27-10-8-26(9-11-27)14-17-6-4-5-7-19(17)24/h4-7,12-13,16H,8-11,14H2,1-3H3,(H,25,28)/t16-/m1/s1. The van der Waals surface area contributed by atoms with Crippen molar-refractivity contribution >= 4 is 23.2 Å². The molecule has 1 N–H and O–H groups in total. The largest absolute Gasteiger partial charge is 0.495 e. The van der Waals surface area contributed by atoms with Crippen molar-refractivity contribution in [3.8, 4) is 5.75 Å². The average molecular weight is 420 g/mol. The molecule has 1 fully saturated rings. The van der Waals surface area contributed by atoms with E-state index in [4.69, 9.17) is 16.3 Å². The molecule has 1 heterocycles. The van der Waals surface area contributed by atoms with Crippen molar-refractivity contribution in [3.05, 3.63) is 58.4 Å². The number of ether oxygens (including phenoxy) is 1. The first-order valence-electron chi connectivity index (χ1n) is 9.74. The van der Waals surface area contributed by atoms with Gasteiger partial charge in [-0.1, -0.05) is 29.8 Å². The van der Waals surface area contributed by atoms with Gasteiger partial charge in [0.15, 0.2) is 0 Å². The van der Waals surface area contributed by atoms with Crippen LogP contribution in [0, 0.1) is 12.7 Å². The van der Waals surface area contributed by atoms with Crippen LogP contribution in [0.2, 0.25) is 5.02 Å². The van der Waals surface area contributed by atoms with E-state index in [0.29, 0.717) is 28.6 Å². The molecular formula is C22H27ClFN3O2. The topological polar surface area (TPSA) is 44.8 Å². The zero-order valence-electron chi connectivity index (χ0n) is 17.0. The summed E-state index contributed by atoms with van der Waals surface area (Å²) in [5.41, 5.74) is 2.19. The van der Waals surface area contributed by atoms with E-state index in [9.17, 15) is 9.18 Å². The van der Waals surface area contributed by atoms with E-state index >= 15 is 0 Å². The summed E-state index contributed by atoms with van der Waals surface area (Å²) in [7, 11) is 1.55. The predicted octanol–water partition coefficient (Wildman–Crippen LogP) is 3.94. The van der Waals surface area contributed by atoms with Gasteiger partial charge < -0.3 is 10.1 Å². The lowest BCUT2D eigenvalue weighted by Gasteiger charge is -2.37. The molecule has 0 bridgehead atoms. The molecule has 1 atom stereocenters. The van der Waals surface area contributed by atoms with Crippen LogP contribution in [-0.2, 0) is 11.3 Å². The van der Waals surface area contributed by atoms with E-state index in [1.807, 2.05) is 32.0 Å². The molecule has 1 saturated heterocycles. The first-order valence-corrected chi connectivity index (χ1v) is 10.1. The van der Waals surface area contributed by atoms with Crippen LogP contribution in [0.5, 0.6) is 5.75 Å². The fraction of sp³-hybridized carbons (Fsp3) is 0.409. The highest BCUT2D eigenvalue weighted by atomic mass is 35.5. The van der Waals surface area contributed by atoms with Crippen molar-refractivity contribution in [1.29, 1.82) is 0 Å². The Labute approximate surface area is 176 Å². The van der Waals surface area contributed by atoms with Crippen molar-refractivity contribution < 1.29 is 13.9 Å². The number of hydrogen-bond donors (Lipinski definition) is 1. The minimum Gasteiger partial charge on any atom is -0.495 e. The molecule has 156 valence electrons. The quantitative estimate of drug-likeness (QED) is 0.770. The maximum absolute atomic E-state index is 13.9. The average Bonchev–Trinajstić information content (AvgIpc) is 2.72. The van der Waals surface area contributed by atoms with Crippen LogP contribution in [0.4, 0.5) is 10.1 Å². The molecule has 1 aliphatic rings. The Morgan fingerprint density at radius 1 is 1.24 bits per heavy atom. The fourth-order valence-corrected chi connectivity index (χ4v) is 3.66. The van der Waals surface area contributed by atoms with Crippen LogP contribution >= 0.6 is 11.6 Å². The van der Waals surface area contributed by atoms with Gasteiger partial charge in [0.2, 0.25) is 5.91 Å². The van der Waals surface area contributed by atoms with Gasteiger partial charge in [0.05, 0.1) is 18.8 Å². The van der Waals surface area contributed by atoms with Crippen molar-refractivity contribution in [2.45, 2.75) is 26.4 Å². The summed E-state index contributed by atoms with van der Waals surface area (Å²) in [5, 5.41) is 3.55. The number of carbonyl (C=O) groups excluding carboxylic acids is 1. The molecule has 0 aliphatic carbocycles. The molecule has 0 aromatic heterocycles. The number of rotatable bonds is 6. The molecule has 0 saturated carbocycles. The lowest BCUT2D eigenvalue weighted by molar-refractivity contribution is -0.121. The molecule has 7 heteroatoms. The maximum atomic E-state index is 13.9. The van der Waals surface area contributed by atoms with E-state index in [-0.39, 0.29) is 17.8 Å². The van der Waals surface area contributed by atoms with Gasteiger partial charge in [-0.25, -0.2) is 4.39 Å². The van der Waals surface area contributed by atoms with E-state index in [2.05, 4.69) is 15.1 Å². The minimum atomic E-state index is -0.286. The summed E-state index contributed by atoms with van der Waals surface area (Å²) >= 11 is 6.14. The van der Waals surface area contributed by atoms with Gasteiger partial charge in [0.1, 0.15) is 11.6 Å². The summed E-state index contributed by atoms with van der Waals surface area (Å²) < 4.78 is 19.2. The molecule has 1 aliphatic heterocycles. The van der Waals surface area contributed by atoms with Crippen LogP contribution in [0.1, 0.15) is 18.1 Å². The van der Waals surface area contributed by atoms with Gasteiger partial charge in [-0.05, 0) is 31.5 Å². The summed E-state index contributed by atoms with van der Waals surface area (Å²) in [6.45, 7) is 7.44. The van der Waals surface area contributed by atoms with E-state index < -0.39 is 0 Å². The van der Waals surface area contributed by atoms with Crippen LogP contribution in [0.25, 0.3) is 0 Å².